The van der Waals surface area contributed by atoms with Gasteiger partial charge in [0, 0.05) is 13.0 Å². The average Bonchev–Trinajstić information content (AvgIpc) is 2.87. The number of rotatable bonds is 3. The van der Waals surface area contributed by atoms with Gasteiger partial charge in [0.15, 0.2) is 5.16 Å². The first kappa shape index (κ1) is 12.4. The Morgan fingerprint density at radius 3 is 2.94 bits per heavy atom. The number of hydrogen-bond acceptors (Lipinski definition) is 6. The third-order valence-electron chi connectivity index (χ3n) is 2.84. The first-order chi connectivity index (χ1) is 8.83. The fourth-order valence-corrected chi connectivity index (χ4v) is 3.82. The van der Waals surface area contributed by atoms with Gasteiger partial charge in [0.05, 0.1) is 5.75 Å². The lowest BCUT2D eigenvalue weighted by Gasteiger charge is -2.04. The minimum absolute atomic E-state index is 0.491. The summed E-state index contributed by atoms with van der Waals surface area (Å²) in [6.07, 6.45) is 4.75. The molecule has 1 aliphatic rings. The van der Waals surface area contributed by atoms with E-state index < -0.39 is 0 Å². The van der Waals surface area contributed by atoms with E-state index in [4.69, 9.17) is 11.6 Å². The molecule has 2 aromatic rings. The van der Waals surface area contributed by atoms with Crippen molar-refractivity contribution >= 4 is 34.7 Å². The molecule has 0 atom stereocenters. The van der Waals surface area contributed by atoms with Gasteiger partial charge in [-0.1, -0.05) is 29.5 Å². The zero-order valence-electron chi connectivity index (χ0n) is 9.67. The Morgan fingerprint density at radius 2 is 2.11 bits per heavy atom. The van der Waals surface area contributed by atoms with Gasteiger partial charge in [0.2, 0.25) is 4.47 Å². The first-order valence-electron chi connectivity index (χ1n) is 5.86. The summed E-state index contributed by atoms with van der Waals surface area (Å²) in [7, 11) is 0. The molecule has 0 bridgehead atoms. The minimum atomic E-state index is 0.491. The van der Waals surface area contributed by atoms with Gasteiger partial charge in [0.1, 0.15) is 10.8 Å². The van der Waals surface area contributed by atoms with Crippen LogP contribution in [0, 0.1) is 0 Å². The Kier molecular flexibility index (Phi) is 3.81. The molecule has 18 heavy (non-hydrogen) atoms. The molecule has 0 unspecified atom stereocenters. The fraction of sp³-hybridized carbons (Fsp3) is 0.600. The smallest absolute Gasteiger partial charge is 0.207 e. The molecule has 2 aromatic heterocycles. The molecule has 3 heterocycles. The summed E-state index contributed by atoms with van der Waals surface area (Å²) in [6.45, 7) is 1.03. The average molecular weight is 302 g/mol. The van der Waals surface area contributed by atoms with Crippen molar-refractivity contribution in [3.05, 3.63) is 15.3 Å². The summed E-state index contributed by atoms with van der Waals surface area (Å²) in [5, 5.41) is 18.2. The maximum absolute atomic E-state index is 5.76. The molecular weight excluding hydrogens is 290 g/mol. The van der Waals surface area contributed by atoms with E-state index in [-0.39, 0.29) is 0 Å². The van der Waals surface area contributed by atoms with Crippen LogP contribution in [0.4, 0.5) is 0 Å². The Balaban J connectivity index is 1.71. The number of aryl methyl sites for hydroxylation is 1. The van der Waals surface area contributed by atoms with Gasteiger partial charge >= 0.3 is 0 Å². The van der Waals surface area contributed by atoms with Crippen molar-refractivity contribution in [3.8, 4) is 0 Å². The van der Waals surface area contributed by atoms with Crippen LogP contribution in [0.5, 0.6) is 0 Å². The number of nitrogens with zero attached hydrogens (tertiary/aromatic N) is 5. The molecule has 0 aliphatic carbocycles. The van der Waals surface area contributed by atoms with Crippen LogP contribution in [0.3, 0.4) is 0 Å². The fourth-order valence-electron chi connectivity index (χ4n) is 1.98. The van der Waals surface area contributed by atoms with Gasteiger partial charge in [-0.15, -0.1) is 20.4 Å². The molecular formula is C10H12ClN5S2. The van der Waals surface area contributed by atoms with Gasteiger partial charge in [-0.05, 0) is 24.4 Å². The number of thioether (sulfide) groups is 1. The first-order valence-corrected chi connectivity index (χ1v) is 8.04. The summed E-state index contributed by atoms with van der Waals surface area (Å²) in [6, 6.07) is 0. The van der Waals surface area contributed by atoms with Crippen LogP contribution < -0.4 is 0 Å². The zero-order chi connectivity index (χ0) is 12.4. The van der Waals surface area contributed by atoms with E-state index in [0.717, 1.165) is 34.7 Å². The van der Waals surface area contributed by atoms with Gasteiger partial charge in [0.25, 0.3) is 0 Å². The van der Waals surface area contributed by atoms with E-state index >= 15 is 0 Å². The van der Waals surface area contributed by atoms with Crippen LogP contribution in [-0.2, 0) is 18.7 Å². The van der Waals surface area contributed by atoms with Crippen molar-refractivity contribution in [2.45, 2.75) is 43.1 Å². The second-order valence-electron chi connectivity index (χ2n) is 4.10. The minimum Gasteiger partial charge on any atom is -0.306 e. The van der Waals surface area contributed by atoms with Crippen LogP contribution in [0.15, 0.2) is 5.16 Å². The van der Waals surface area contributed by atoms with Crippen molar-refractivity contribution in [1.29, 1.82) is 0 Å². The molecule has 0 N–H and O–H groups in total. The molecule has 0 fully saturated rings. The molecule has 0 amide bonds. The Bertz CT molecular complexity index is 538. The highest BCUT2D eigenvalue weighted by molar-refractivity contribution is 7.98. The molecule has 96 valence electrons. The molecule has 0 aromatic carbocycles. The SMILES string of the molecule is Clc1nnc(CSc2nnc3n2CCCCC3)s1. The van der Waals surface area contributed by atoms with E-state index in [1.54, 1.807) is 11.8 Å². The van der Waals surface area contributed by atoms with Gasteiger partial charge in [-0.3, -0.25) is 0 Å². The Morgan fingerprint density at radius 1 is 1.17 bits per heavy atom. The summed E-state index contributed by atoms with van der Waals surface area (Å²) >= 11 is 8.83. The Hall–Kier alpha value is -0.660. The topological polar surface area (TPSA) is 56.5 Å². The van der Waals surface area contributed by atoms with E-state index in [1.807, 2.05) is 0 Å². The highest BCUT2D eigenvalue weighted by Gasteiger charge is 2.15. The van der Waals surface area contributed by atoms with Crippen molar-refractivity contribution in [1.82, 2.24) is 25.0 Å². The standard InChI is InChI=1S/C10H12ClN5S2/c11-9-14-13-8(18-9)6-17-10-15-12-7-4-2-1-3-5-16(7)10/h1-6H2. The highest BCUT2D eigenvalue weighted by Crippen LogP contribution is 2.26. The van der Waals surface area contributed by atoms with Gasteiger partial charge in [-0.25, -0.2) is 0 Å². The summed E-state index contributed by atoms with van der Waals surface area (Å²) in [5.74, 6) is 1.87. The van der Waals surface area contributed by atoms with Crippen LogP contribution in [0.25, 0.3) is 0 Å². The highest BCUT2D eigenvalue weighted by atomic mass is 35.5. The van der Waals surface area contributed by atoms with Gasteiger partial charge < -0.3 is 4.57 Å². The normalized spacial score (nSPS) is 15.4. The van der Waals surface area contributed by atoms with Crippen molar-refractivity contribution in [3.63, 3.8) is 0 Å². The summed E-state index contributed by atoms with van der Waals surface area (Å²) in [4.78, 5) is 0. The third-order valence-corrected chi connectivity index (χ3v) is 5.02. The van der Waals surface area contributed by atoms with Crippen LogP contribution in [0.1, 0.15) is 30.1 Å². The predicted molar refractivity (Wildman–Crippen MR) is 72.1 cm³/mol. The molecule has 0 saturated heterocycles. The lowest BCUT2D eigenvalue weighted by atomic mass is 10.2. The van der Waals surface area contributed by atoms with Crippen LogP contribution >= 0.6 is 34.7 Å². The lowest BCUT2D eigenvalue weighted by molar-refractivity contribution is 0.591. The number of fused-ring (bicyclic) bond motifs is 1. The number of aromatic nitrogens is 5. The largest absolute Gasteiger partial charge is 0.306 e. The van der Waals surface area contributed by atoms with Crippen LogP contribution in [-0.4, -0.2) is 25.0 Å². The molecule has 3 rings (SSSR count). The molecule has 0 radical (unpaired) electrons. The molecule has 8 heteroatoms. The van der Waals surface area contributed by atoms with Crippen LogP contribution in [0.2, 0.25) is 4.47 Å². The van der Waals surface area contributed by atoms with Crippen molar-refractivity contribution in [2.24, 2.45) is 0 Å². The monoisotopic (exact) mass is 301 g/mol. The quantitative estimate of drug-likeness (QED) is 0.816. The molecule has 0 saturated carbocycles. The molecule has 0 spiro atoms. The zero-order valence-corrected chi connectivity index (χ0v) is 12.1. The third kappa shape index (κ3) is 2.67. The van der Waals surface area contributed by atoms with Crippen molar-refractivity contribution in [2.75, 3.05) is 0 Å². The summed E-state index contributed by atoms with van der Waals surface area (Å²) in [5.41, 5.74) is 0. The maximum Gasteiger partial charge on any atom is 0.207 e. The molecule has 1 aliphatic heterocycles. The van der Waals surface area contributed by atoms with E-state index in [0.29, 0.717) is 4.47 Å². The maximum atomic E-state index is 5.76. The second-order valence-corrected chi connectivity index (χ2v) is 6.69. The Labute approximate surface area is 118 Å². The number of halogens is 1. The lowest BCUT2D eigenvalue weighted by Crippen LogP contribution is -2.02. The second kappa shape index (κ2) is 5.54. The number of hydrogen-bond donors (Lipinski definition) is 0. The van der Waals surface area contributed by atoms with E-state index in [1.165, 1.54) is 30.6 Å². The van der Waals surface area contributed by atoms with E-state index in [9.17, 15) is 0 Å². The van der Waals surface area contributed by atoms with Crippen molar-refractivity contribution < 1.29 is 0 Å². The summed E-state index contributed by atoms with van der Waals surface area (Å²) < 4.78 is 2.73. The van der Waals surface area contributed by atoms with E-state index in [2.05, 4.69) is 25.0 Å². The molecule has 5 nitrogen and oxygen atoms in total. The van der Waals surface area contributed by atoms with Gasteiger partial charge in [-0.2, -0.15) is 0 Å². The predicted octanol–water partition coefficient (Wildman–Crippen LogP) is 2.80.